The summed E-state index contributed by atoms with van der Waals surface area (Å²) in [5, 5.41) is 1.17. The minimum absolute atomic E-state index is 0.0498. The van der Waals surface area contributed by atoms with E-state index in [-0.39, 0.29) is 6.04 Å². The monoisotopic (exact) mass is 324 g/mol. The lowest BCUT2D eigenvalue weighted by Crippen LogP contribution is -2.35. The normalized spacial score (nSPS) is 16.4. The van der Waals surface area contributed by atoms with E-state index in [2.05, 4.69) is 4.90 Å². The van der Waals surface area contributed by atoms with Crippen LogP contribution >= 0.6 is 23.2 Å². The summed E-state index contributed by atoms with van der Waals surface area (Å²) in [5.74, 6) is 0.943. The van der Waals surface area contributed by atoms with Gasteiger partial charge in [0.1, 0.15) is 5.76 Å². The van der Waals surface area contributed by atoms with Crippen LogP contribution in [-0.2, 0) is 6.54 Å². The van der Waals surface area contributed by atoms with Crippen molar-refractivity contribution in [2.24, 2.45) is 5.73 Å². The molecule has 21 heavy (non-hydrogen) atoms. The van der Waals surface area contributed by atoms with E-state index in [9.17, 15) is 0 Å². The van der Waals surface area contributed by atoms with E-state index in [0.717, 1.165) is 17.9 Å². The molecule has 2 aromatic rings. The number of halogens is 2. The van der Waals surface area contributed by atoms with Gasteiger partial charge in [-0.2, -0.15) is 0 Å². The molecule has 1 aliphatic carbocycles. The first kappa shape index (κ1) is 14.9. The number of nitrogens with two attached hydrogens (primary N) is 1. The molecule has 0 aliphatic heterocycles. The number of benzene rings is 1. The molecule has 1 unspecified atom stereocenters. The third kappa shape index (κ3) is 3.27. The van der Waals surface area contributed by atoms with Crippen molar-refractivity contribution in [3.63, 3.8) is 0 Å². The van der Waals surface area contributed by atoms with E-state index in [1.165, 1.54) is 12.8 Å². The molecule has 2 N–H and O–H groups in total. The molecular weight excluding hydrogens is 307 g/mol. The molecule has 1 atom stereocenters. The second-order valence-electron chi connectivity index (χ2n) is 5.38. The third-order valence-corrected chi connectivity index (χ3v) is 4.73. The Balaban J connectivity index is 1.90. The number of hydrogen-bond acceptors (Lipinski definition) is 3. The van der Waals surface area contributed by atoms with Crippen molar-refractivity contribution >= 4 is 23.2 Å². The van der Waals surface area contributed by atoms with E-state index in [0.29, 0.717) is 22.6 Å². The summed E-state index contributed by atoms with van der Waals surface area (Å²) in [4.78, 5) is 2.37. The number of hydrogen-bond donors (Lipinski definition) is 1. The van der Waals surface area contributed by atoms with Gasteiger partial charge in [-0.25, -0.2) is 0 Å². The number of furan rings is 1. The summed E-state index contributed by atoms with van der Waals surface area (Å²) in [6, 6.07) is 10.2. The van der Waals surface area contributed by atoms with E-state index < -0.39 is 0 Å². The van der Waals surface area contributed by atoms with Crippen molar-refractivity contribution in [3.05, 3.63) is 58.0 Å². The molecule has 1 fully saturated rings. The Hall–Kier alpha value is -1.00. The van der Waals surface area contributed by atoms with Gasteiger partial charge >= 0.3 is 0 Å². The second-order valence-corrected chi connectivity index (χ2v) is 6.16. The fourth-order valence-electron chi connectivity index (χ4n) is 2.70. The highest BCUT2D eigenvalue weighted by atomic mass is 35.5. The highest BCUT2D eigenvalue weighted by Crippen LogP contribution is 2.39. The predicted molar refractivity (Wildman–Crippen MR) is 85.5 cm³/mol. The van der Waals surface area contributed by atoms with Crippen LogP contribution in [-0.4, -0.2) is 17.5 Å². The zero-order chi connectivity index (χ0) is 14.8. The van der Waals surface area contributed by atoms with Gasteiger partial charge in [0.25, 0.3) is 0 Å². The van der Waals surface area contributed by atoms with Gasteiger partial charge < -0.3 is 10.2 Å². The Labute approximate surface area is 134 Å². The summed E-state index contributed by atoms with van der Waals surface area (Å²) in [5.41, 5.74) is 7.04. The van der Waals surface area contributed by atoms with Crippen LogP contribution < -0.4 is 5.73 Å². The van der Waals surface area contributed by atoms with Crippen LogP contribution in [0.25, 0.3) is 0 Å². The SMILES string of the molecule is NCC(c1cccc(Cl)c1Cl)N(Cc1ccco1)C1CC1. The van der Waals surface area contributed by atoms with Crippen LogP contribution in [0.1, 0.15) is 30.2 Å². The molecule has 1 saturated carbocycles. The highest BCUT2D eigenvalue weighted by Gasteiger charge is 2.35. The zero-order valence-electron chi connectivity index (χ0n) is 11.6. The van der Waals surface area contributed by atoms with Crippen LogP contribution in [0.2, 0.25) is 10.0 Å². The minimum atomic E-state index is 0.0498. The minimum Gasteiger partial charge on any atom is -0.468 e. The molecule has 1 aromatic carbocycles. The van der Waals surface area contributed by atoms with Gasteiger partial charge in [-0.15, -0.1) is 0 Å². The van der Waals surface area contributed by atoms with Gasteiger partial charge in [-0.05, 0) is 36.6 Å². The number of nitrogens with zero attached hydrogens (tertiary/aromatic N) is 1. The zero-order valence-corrected chi connectivity index (χ0v) is 13.1. The maximum atomic E-state index is 6.38. The van der Waals surface area contributed by atoms with Gasteiger partial charge in [0.05, 0.1) is 22.9 Å². The standard InChI is InChI=1S/C16H18Cl2N2O/c17-14-5-1-4-13(16(14)18)15(9-19)20(11-6-7-11)10-12-3-2-8-21-12/h1-5,8,11,15H,6-7,9-10,19H2. The molecule has 0 bridgehead atoms. The molecule has 1 aliphatic rings. The summed E-state index contributed by atoms with van der Waals surface area (Å²) in [7, 11) is 0. The highest BCUT2D eigenvalue weighted by molar-refractivity contribution is 6.42. The molecule has 0 radical (unpaired) electrons. The first-order valence-corrected chi connectivity index (χ1v) is 7.88. The fourth-order valence-corrected chi connectivity index (χ4v) is 3.14. The Bertz CT molecular complexity index is 596. The molecule has 3 rings (SSSR count). The van der Waals surface area contributed by atoms with Crippen molar-refractivity contribution in [1.82, 2.24) is 4.90 Å². The second kappa shape index (κ2) is 6.41. The molecule has 0 saturated heterocycles. The van der Waals surface area contributed by atoms with Gasteiger partial charge in [0, 0.05) is 18.6 Å². The Morgan fingerprint density at radius 1 is 1.24 bits per heavy atom. The summed E-state index contributed by atoms with van der Waals surface area (Å²) < 4.78 is 5.48. The predicted octanol–water partition coefficient (Wildman–Crippen LogP) is 4.25. The molecular formula is C16H18Cl2N2O. The average Bonchev–Trinajstić information content (AvgIpc) is 3.20. The van der Waals surface area contributed by atoms with Gasteiger partial charge in [-0.3, -0.25) is 4.90 Å². The van der Waals surface area contributed by atoms with Crippen molar-refractivity contribution < 1.29 is 4.42 Å². The van der Waals surface area contributed by atoms with E-state index in [4.69, 9.17) is 33.4 Å². The molecule has 0 spiro atoms. The van der Waals surface area contributed by atoms with Crippen molar-refractivity contribution in [3.8, 4) is 0 Å². The van der Waals surface area contributed by atoms with Gasteiger partial charge in [-0.1, -0.05) is 35.3 Å². The maximum Gasteiger partial charge on any atom is 0.117 e. The lowest BCUT2D eigenvalue weighted by molar-refractivity contribution is 0.168. The quantitative estimate of drug-likeness (QED) is 0.863. The van der Waals surface area contributed by atoms with Crippen molar-refractivity contribution in [1.29, 1.82) is 0 Å². The Morgan fingerprint density at radius 3 is 2.67 bits per heavy atom. The Kier molecular flexibility index (Phi) is 4.55. The fraction of sp³-hybridized carbons (Fsp3) is 0.375. The van der Waals surface area contributed by atoms with Crippen molar-refractivity contribution in [2.45, 2.75) is 31.5 Å². The molecule has 1 heterocycles. The molecule has 3 nitrogen and oxygen atoms in total. The lowest BCUT2D eigenvalue weighted by atomic mass is 10.0. The van der Waals surface area contributed by atoms with E-state index in [1.54, 1.807) is 12.3 Å². The van der Waals surface area contributed by atoms with Crippen LogP contribution in [0.4, 0.5) is 0 Å². The topological polar surface area (TPSA) is 42.4 Å². The van der Waals surface area contributed by atoms with Gasteiger partial charge in [0.2, 0.25) is 0 Å². The Morgan fingerprint density at radius 2 is 2.05 bits per heavy atom. The van der Waals surface area contributed by atoms with Gasteiger partial charge in [0.15, 0.2) is 0 Å². The van der Waals surface area contributed by atoms with Crippen LogP contribution in [0.15, 0.2) is 41.0 Å². The first-order chi connectivity index (χ1) is 10.2. The summed E-state index contributed by atoms with van der Waals surface area (Å²) in [6.07, 6.45) is 4.08. The maximum absolute atomic E-state index is 6.38. The summed E-state index contributed by atoms with van der Waals surface area (Å²) in [6.45, 7) is 1.24. The van der Waals surface area contributed by atoms with E-state index in [1.807, 2.05) is 24.3 Å². The van der Waals surface area contributed by atoms with Crippen molar-refractivity contribution in [2.75, 3.05) is 6.54 Å². The largest absolute Gasteiger partial charge is 0.468 e. The number of rotatable bonds is 6. The smallest absolute Gasteiger partial charge is 0.117 e. The van der Waals surface area contributed by atoms with E-state index >= 15 is 0 Å². The molecule has 112 valence electrons. The summed E-state index contributed by atoms with van der Waals surface area (Å²) >= 11 is 12.5. The average molecular weight is 325 g/mol. The molecule has 5 heteroatoms. The first-order valence-electron chi connectivity index (χ1n) is 7.12. The third-order valence-electron chi connectivity index (χ3n) is 3.90. The van der Waals surface area contributed by atoms with Crippen LogP contribution in [0.3, 0.4) is 0 Å². The molecule has 1 aromatic heterocycles. The van der Waals surface area contributed by atoms with Crippen LogP contribution in [0, 0.1) is 0 Å². The lowest BCUT2D eigenvalue weighted by Gasteiger charge is -2.31. The van der Waals surface area contributed by atoms with Crippen LogP contribution in [0.5, 0.6) is 0 Å². The molecule has 0 amide bonds.